The SMILES string of the molecule is CCNC(=NCc1cnn(-c2ccccc2)c1)NCc1ccc(C)c(F)c1.I. The van der Waals surface area contributed by atoms with Crippen LogP contribution in [-0.2, 0) is 13.1 Å². The van der Waals surface area contributed by atoms with Crippen LogP contribution in [0.3, 0.4) is 0 Å². The number of aliphatic imine (C=N–C) groups is 1. The van der Waals surface area contributed by atoms with Gasteiger partial charge in [0.25, 0.3) is 0 Å². The van der Waals surface area contributed by atoms with Gasteiger partial charge in [0, 0.05) is 24.8 Å². The van der Waals surface area contributed by atoms with Gasteiger partial charge in [-0.2, -0.15) is 5.10 Å². The van der Waals surface area contributed by atoms with Gasteiger partial charge in [-0.05, 0) is 43.2 Å². The molecule has 0 amide bonds. The second-order valence-electron chi connectivity index (χ2n) is 6.26. The average molecular weight is 493 g/mol. The van der Waals surface area contributed by atoms with Crippen molar-refractivity contribution in [2.45, 2.75) is 26.9 Å². The van der Waals surface area contributed by atoms with E-state index in [9.17, 15) is 4.39 Å². The van der Waals surface area contributed by atoms with Crippen LogP contribution in [0, 0.1) is 12.7 Å². The zero-order valence-corrected chi connectivity index (χ0v) is 18.4. The largest absolute Gasteiger partial charge is 0.357 e. The molecule has 0 atom stereocenters. The normalized spacial score (nSPS) is 11.0. The Morgan fingerprint density at radius 3 is 2.61 bits per heavy atom. The van der Waals surface area contributed by atoms with Gasteiger partial charge in [-0.1, -0.05) is 30.3 Å². The second kappa shape index (κ2) is 10.8. The third kappa shape index (κ3) is 6.05. The summed E-state index contributed by atoms with van der Waals surface area (Å²) in [5.41, 5.74) is 3.55. The molecule has 0 radical (unpaired) electrons. The van der Waals surface area contributed by atoms with Crippen molar-refractivity contribution in [2.24, 2.45) is 4.99 Å². The van der Waals surface area contributed by atoms with Crippen LogP contribution < -0.4 is 10.6 Å². The first-order chi connectivity index (χ1) is 13.2. The average Bonchev–Trinajstić information content (AvgIpc) is 3.16. The van der Waals surface area contributed by atoms with Crippen LogP contribution in [-0.4, -0.2) is 22.3 Å². The number of aryl methyl sites for hydroxylation is 1. The molecule has 0 spiro atoms. The molecule has 7 heteroatoms. The van der Waals surface area contributed by atoms with Crippen LogP contribution in [0.15, 0.2) is 65.9 Å². The number of halogens is 2. The van der Waals surface area contributed by atoms with Crippen LogP contribution in [0.2, 0.25) is 0 Å². The van der Waals surface area contributed by atoms with Gasteiger partial charge in [0.1, 0.15) is 5.82 Å². The lowest BCUT2D eigenvalue weighted by atomic mass is 10.1. The van der Waals surface area contributed by atoms with Crippen LogP contribution in [0.5, 0.6) is 0 Å². The van der Waals surface area contributed by atoms with E-state index in [1.807, 2.05) is 60.4 Å². The number of benzene rings is 2. The molecule has 5 nitrogen and oxygen atoms in total. The smallest absolute Gasteiger partial charge is 0.191 e. The summed E-state index contributed by atoms with van der Waals surface area (Å²) in [6, 6.07) is 15.2. The molecule has 0 bridgehead atoms. The van der Waals surface area contributed by atoms with Gasteiger partial charge in [0.15, 0.2) is 5.96 Å². The third-order valence-electron chi connectivity index (χ3n) is 4.12. The molecule has 0 saturated carbocycles. The Morgan fingerprint density at radius 1 is 1.11 bits per heavy atom. The van der Waals surface area contributed by atoms with Crippen molar-refractivity contribution in [2.75, 3.05) is 6.54 Å². The molecule has 0 aliphatic heterocycles. The van der Waals surface area contributed by atoms with Gasteiger partial charge in [0.2, 0.25) is 0 Å². The van der Waals surface area contributed by atoms with Crippen molar-refractivity contribution in [1.82, 2.24) is 20.4 Å². The first-order valence-electron chi connectivity index (χ1n) is 9.02. The molecule has 2 aromatic carbocycles. The van der Waals surface area contributed by atoms with E-state index in [1.165, 1.54) is 0 Å². The number of nitrogens with one attached hydrogen (secondary N) is 2. The van der Waals surface area contributed by atoms with Crippen molar-refractivity contribution in [3.8, 4) is 5.69 Å². The van der Waals surface area contributed by atoms with Crippen LogP contribution in [0.4, 0.5) is 4.39 Å². The molecule has 3 rings (SSSR count). The van der Waals surface area contributed by atoms with Crippen LogP contribution in [0.1, 0.15) is 23.6 Å². The molecule has 0 saturated heterocycles. The van der Waals surface area contributed by atoms with Gasteiger partial charge in [0.05, 0.1) is 18.4 Å². The van der Waals surface area contributed by atoms with E-state index in [0.29, 0.717) is 24.6 Å². The summed E-state index contributed by atoms with van der Waals surface area (Å²) >= 11 is 0. The summed E-state index contributed by atoms with van der Waals surface area (Å²) in [7, 11) is 0. The highest BCUT2D eigenvalue weighted by Crippen LogP contribution is 2.10. The van der Waals surface area contributed by atoms with Gasteiger partial charge in [-0.15, -0.1) is 24.0 Å². The lowest BCUT2D eigenvalue weighted by molar-refractivity contribution is 0.615. The highest BCUT2D eigenvalue weighted by atomic mass is 127. The number of rotatable bonds is 6. The molecule has 0 unspecified atom stereocenters. The summed E-state index contributed by atoms with van der Waals surface area (Å²) in [5, 5.41) is 10.8. The van der Waals surface area contributed by atoms with Crippen LogP contribution in [0.25, 0.3) is 5.69 Å². The number of aromatic nitrogens is 2. The van der Waals surface area contributed by atoms with Gasteiger partial charge < -0.3 is 10.6 Å². The molecule has 3 aromatic rings. The third-order valence-corrected chi connectivity index (χ3v) is 4.12. The summed E-state index contributed by atoms with van der Waals surface area (Å²) in [5.74, 6) is 0.496. The number of hydrogen-bond acceptors (Lipinski definition) is 2. The van der Waals surface area contributed by atoms with E-state index in [0.717, 1.165) is 23.4 Å². The fourth-order valence-electron chi connectivity index (χ4n) is 2.61. The highest BCUT2D eigenvalue weighted by molar-refractivity contribution is 14.0. The topological polar surface area (TPSA) is 54.2 Å². The van der Waals surface area contributed by atoms with E-state index < -0.39 is 0 Å². The summed E-state index contributed by atoms with van der Waals surface area (Å²) in [6.45, 7) is 5.53. The quantitative estimate of drug-likeness (QED) is 0.308. The Hall–Kier alpha value is -2.42. The molecule has 0 aliphatic rings. The Bertz CT molecular complexity index is 908. The summed E-state index contributed by atoms with van der Waals surface area (Å²) < 4.78 is 15.5. The maximum atomic E-state index is 13.7. The number of nitrogens with zero attached hydrogens (tertiary/aromatic N) is 3. The zero-order chi connectivity index (χ0) is 19.1. The molecular weight excluding hydrogens is 468 g/mol. The Kier molecular flexibility index (Phi) is 8.43. The minimum Gasteiger partial charge on any atom is -0.357 e. The van der Waals surface area contributed by atoms with E-state index in [-0.39, 0.29) is 29.8 Å². The van der Waals surface area contributed by atoms with E-state index in [1.54, 1.807) is 19.1 Å². The maximum Gasteiger partial charge on any atom is 0.191 e. The number of para-hydroxylation sites is 1. The molecular formula is C21H25FIN5. The molecule has 2 N–H and O–H groups in total. The first kappa shape index (κ1) is 21.9. The molecule has 148 valence electrons. The standard InChI is InChI=1S/C21H24FN5.HI/c1-3-23-21(24-12-17-10-9-16(2)20(22)11-17)25-13-18-14-26-27(15-18)19-7-5-4-6-8-19;/h4-11,14-15H,3,12-13H2,1-2H3,(H2,23,24,25);1H. The van der Waals surface area contributed by atoms with E-state index in [2.05, 4.69) is 20.7 Å². The van der Waals surface area contributed by atoms with Crippen molar-refractivity contribution in [1.29, 1.82) is 0 Å². The molecule has 1 aromatic heterocycles. The predicted octanol–water partition coefficient (Wildman–Crippen LogP) is 4.19. The molecule has 28 heavy (non-hydrogen) atoms. The van der Waals surface area contributed by atoms with E-state index >= 15 is 0 Å². The van der Waals surface area contributed by atoms with Crippen molar-refractivity contribution in [3.05, 3.63) is 83.4 Å². The van der Waals surface area contributed by atoms with Gasteiger partial charge >= 0.3 is 0 Å². The Balaban J connectivity index is 0.00000280. The minimum absolute atomic E-state index is 0. The van der Waals surface area contributed by atoms with Crippen molar-refractivity contribution >= 4 is 29.9 Å². The Labute approximate surface area is 182 Å². The van der Waals surface area contributed by atoms with Crippen molar-refractivity contribution in [3.63, 3.8) is 0 Å². The van der Waals surface area contributed by atoms with Crippen molar-refractivity contribution < 1.29 is 4.39 Å². The predicted molar refractivity (Wildman–Crippen MR) is 122 cm³/mol. The first-order valence-corrected chi connectivity index (χ1v) is 9.02. The van der Waals surface area contributed by atoms with Gasteiger partial charge in [-0.25, -0.2) is 14.1 Å². The van der Waals surface area contributed by atoms with E-state index in [4.69, 9.17) is 0 Å². The van der Waals surface area contributed by atoms with Crippen LogP contribution >= 0.6 is 24.0 Å². The fraction of sp³-hybridized carbons (Fsp3) is 0.238. The van der Waals surface area contributed by atoms with Gasteiger partial charge in [-0.3, -0.25) is 0 Å². The number of guanidine groups is 1. The highest BCUT2D eigenvalue weighted by Gasteiger charge is 2.03. The second-order valence-corrected chi connectivity index (χ2v) is 6.26. The lowest BCUT2D eigenvalue weighted by Gasteiger charge is -2.11. The lowest BCUT2D eigenvalue weighted by Crippen LogP contribution is -2.36. The zero-order valence-electron chi connectivity index (χ0n) is 16.0. The summed E-state index contributed by atoms with van der Waals surface area (Å²) in [4.78, 5) is 4.59. The minimum atomic E-state index is -0.190. The summed E-state index contributed by atoms with van der Waals surface area (Å²) in [6.07, 6.45) is 3.78. The number of hydrogen-bond donors (Lipinski definition) is 2. The Morgan fingerprint density at radius 2 is 1.89 bits per heavy atom. The molecule has 0 fully saturated rings. The molecule has 1 heterocycles. The fourth-order valence-corrected chi connectivity index (χ4v) is 2.61. The molecule has 0 aliphatic carbocycles. The monoisotopic (exact) mass is 493 g/mol. The maximum absolute atomic E-state index is 13.7.